The Labute approximate surface area is 64.4 Å². The first-order valence-corrected chi connectivity index (χ1v) is 4.02. The molecule has 2 heteroatoms. The molecule has 0 rings (SSSR count). The molecule has 2 N–H and O–H groups in total. The molecule has 0 aliphatic heterocycles. The van der Waals surface area contributed by atoms with E-state index in [2.05, 4.69) is 32.7 Å². The molecule has 0 saturated carbocycles. The van der Waals surface area contributed by atoms with Crippen molar-refractivity contribution in [2.24, 2.45) is 11.7 Å². The van der Waals surface area contributed by atoms with E-state index in [0.29, 0.717) is 12.0 Å². The highest BCUT2D eigenvalue weighted by Gasteiger charge is 2.08. The second-order valence-corrected chi connectivity index (χ2v) is 3.26. The van der Waals surface area contributed by atoms with Gasteiger partial charge < -0.3 is 10.6 Å². The topological polar surface area (TPSA) is 29.3 Å². The Morgan fingerprint density at radius 3 is 2.20 bits per heavy atom. The summed E-state index contributed by atoms with van der Waals surface area (Å²) in [5.74, 6) is 0.592. The minimum absolute atomic E-state index is 0.324. The highest BCUT2D eigenvalue weighted by Crippen LogP contribution is 1.99. The first-order valence-electron chi connectivity index (χ1n) is 4.02. The van der Waals surface area contributed by atoms with Gasteiger partial charge in [0.25, 0.3) is 0 Å². The van der Waals surface area contributed by atoms with Gasteiger partial charge in [-0.25, -0.2) is 0 Å². The lowest BCUT2D eigenvalue weighted by Crippen LogP contribution is -2.38. The van der Waals surface area contributed by atoms with Gasteiger partial charge in [-0.3, -0.25) is 0 Å². The van der Waals surface area contributed by atoms with E-state index in [0.717, 1.165) is 13.1 Å². The fraction of sp³-hybridized carbons (Fsp3) is 1.00. The van der Waals surface area contributed by atoms with Gasteiger partial charge in [-0.15, -0.1) is 0 Å². The molecule has 0 spiro atoms. The van der Waals surface area contributed by atoms with Crippen LogP contribution in [0.4, 0.5) is 0 Å². The van der Waals surface area contributed by atoms with Crippen molar-refractivity contribution in [2.45, 2.75) is 26.8 Å². The lowest BCUT2D eigenvalue weighted by molar-refractivity contribution is 0.295. The average molecular weight is 144 g/mol. The molecule has 10 heavy (non-hydrogen) atoms. The van der Waals surface area contributed by atoms with E-state index < -0.39 is 0 Å². The normalized spacial score (nSPS) is 14.7. The fourth-order valence-electron chi connectivity index (χ4n) is 0.700. The van der Waals surface area contributed by atoms with Crippen LogP contribution in [0, 0.1) is 5.92 Å². The van der Waals surface area contributed by atoms with Crippen LogP contribution in [0.2, 0.25) is 0 Å². The Bertz CT molecular complexity index is 81.3. The summed E-state index contributed by atoms with van der Waals surface area (Å²) in [6, 6.07) is 0.324. The molecule has 0 heterocycles. The maximum absolute atomic E-state index is 5.85. The molecule has 0 aliphatic carbocycles. The summed E-state index contributed by atoms with van der Waals surface area (Å²) in [5, 5.41) is 0. The van der Waals surface area contributed by atoms with Gasteiger partial charge in [0.05, 0.1) is 0 Å². The van der Waals surface area contributed by atoms with Crippen molar-refractivity contribution in [3.63, 3.8) is 0 Å². The minimum atomic E-state index is 0.324. The molecule has 0 bridgehead atoms. The molecule has 0 amide bonds. The van der Waals surface area contributed by atoms with Crippen molar-refractivity contribution in [2.75, 3.05) is 20.1 Å². The summed E-state index contributed by atoms with van der Waals surface area (Å²) in [5.41, 5.74) is 5.85. The van der Waals surface area contributed by atoms with Gasteiger partial charge in [0.15, 0.2) is 0 Å². The number of rotatable bonds is 4. The maximum Gasteiger partial charge on any atom is 0.0191 e. The van der Waals surface area contributed by atoms with Crippen LogP contribution in [0.1, 0.15) is 20.8 Å². The quantitative estimate of drug-likeness (QED) is 0.636. The van der Waals surface area contributed by atoms with Crippen molar-refractivity contribution in [3.05, 3.63) is 0 Å². The standard InChI is InChI=1S/C8H20N2/c1-5-10(4)6-8(9)7(2)3/h7-8H,5-6,9H2,1-4H3/t8-/m1/s1. The van der Waals surface area contributed by atoms with E-state index in [9.17, 15) is 0 Å². The van der Waals surface area contributed by atoms with Crippen LogP contribution >= 0.6 is 0 Å². The highest BCUT2D eigenvalue weighted by molar-refractivity contribution is 4.68. The maximum atomic E-state index is 5.85. The molecule has 62 valence electrons. The molecule has 1 atom stereocenters. The van der Waals surface area contributed by atoms with Crippen molar-refractivity contribution in [1.29, 1.82) is 0 Å². The monoisotopic (exact) mass is 144 g/mol. The number of hydrogen-bond acceptors (Lipinski definition) is 2. The Hall–Kier alpha value is -0.0800. The van der Waals surface area contributed by atoms with Crippen molar-refractivity contribution in [1.82, 2.24) is 4.90 Å². The smallest absolute Gasteiger partial charge is 0.0191 e. The van der Waals surface area contributed by atoms with Gasteiger partial charge in [0, 0.05) is 12.6 Å². The lowest BCUT2D eigenvalue weighted by Gasteiger charge is -2.21. The fourth-order valence-corrected chi connectivity index (χ4v) is 0.700. The van der Waals surface area contributed by atoms with E-state index in [1.54, 1.807) is 0 Å². The molecule has 0 unspecified atom stereocenters. The van der Waals surface area contributed by atoms with E-state index in [1.807, 2.05) is 0 Å². The summed E-state index contributed by atoms with van der Waals surface area (Å²) in [6.07, 6.45) is 0. The lowest BCUT2D eigenvalue weighted by atomic mass is 10.1. The Balaban J connectivity index is 3.46. The van der Waals surface area contributed by atoms with E-state index in [4.69, 9.17) is 5.73 Å². The zero-order valence-electron chi connectivity index (χ0n) is 7.59. The summed E-state index contributed by atoms with van der Waals surface area (Å²) >= 11 is 0. The highest BCUT2D eigenvalue weighted by atomic mass is 15.1. The molecule has 0 aliphatic rings. The largest absolute Gasteiger partial charge is 0.326 e. The summed E-state index contributed by atoms with van der Waals surface area (Å²) < 4.78 is 0. The van der Waals surface area contributed by atoms with E-state index >= 15 is 0 Å². The van der Waals surface area contributed by atoms with Crippen molar-refractivity contribution in [3.8, 4) is 0 Å². The molecular weight excluding hydrogens is 124 g/mol. The number of likely N-dealkylation sites (N-methyl/N-ethyl adjacent to an activating group) is 1. The summed E-state index contributed by atoms with van der Waals surface area (Å²) in [6.45, 7) is 8.56. The predicted molar refractivity (Wildman–Crippen MR) is 46.0 cm³/mol. The van der Waals surface area contributed by atoms with Crippen LogP contribution in [0.25, 0.3) is 0 Å². The van der Waals surface area contributed by atoms with Gasteiger partial charge in [0.2, 0.25) is 0 Å². The Morgan fingerprint density at radius 2 is 1.90 bits per heavy atom. The molecular formula is C8H20N2. The Kier molecular flexibility index (Phi) is 4.65. The molecule has 0 aromatic heterocycles. The summed E-state index contributed by atoms with van der Waals surface area (Å²) in [4.78, 5) is 2.24. The molecule has 0 fully saturated rings. The second kappa shape index (κ2) is 4.69. The molecule has 2 nitrogen and oxygen atoms in total. The van der Waals surface area contributed by atoms with Crippen LogP contribution in [0.3, 0.4) is 0 Å². The third-order valence-electron chi connectivity index (χ3n) is 1.92. The van der Waals surface area contributed by atoms with E-state index in [1.165, 1.54) is 0 Å². The molecule has 0 aromatic carbocycles. The van der Waals surface area contributed by atoms with Crippen molar-refractivity contribution < 1.29 is 0 Å². The zero-order chi connectivity index (χ0) is 8.15. The molecule has 0 radical (unpaired) electrons. The molecule has 0 saturated heterocycles. The number of hydrogen-bond donors (Lipinski definition) is 1. The Morgan fingerprint density at radius 1 is 1.40 bits per heavy atom. The van der Waals surface area contributed by atoms with Crippen LogP contribution in [0.5, 0.6) is 0 Å². The van der Waals surface area contributed by atoms with Crippen LogP contribution in [-0.2, 0) is 0 Å². The minimum Gasteiger partial charge on any atom is -0.326 e. The zero-order valence-corrected chi connectivity index (χ0v) is 7.59. The van der Waals surface area contributed by atoms with Gasteiger partial charge in [-0.2, -0.15) is 0 Å². The van der Waals surface area contributed by atoms with Crippen LogP contribution < -0.4 is 5.73 Å². The second-order valence-electron chi connectivity index (χ2n) is 3.26. The van der Waals surface area contributed by atoms with Gasteiger partial charge in [-0.05, 0) is 19.5 Å². The number of nitrogens with two attached hydrogens (primary N) is 1. The molecule has 0 aromatic rings. The van der Waals surface area contributed by atoms with Crippen LogP contribution in [0.15, 0.2) is 0 Å². The number of nitrogens with zero attached hydrogens (tertiary/aromatic N) is 1. The van der Waals surface area contributed by atoms with Gasteiger partial charge in [0.1, 0.15) is 0 Å². The third kappa shape index (κ3) is 3.85. The van der Waals surface area contributed by atoms with Crippen LogP contribution in [-0.4, -0.2) is 31.1 Å². The van der Waals surface area contributed by atoms with Crippen molar-refractivity contribution >= 4 is 0 Å². The van der Waals surface area contributed by atoms with Gasteiger partial charge >= 0.3 is 0 Å². The third-order valence-corrected chi connectivity index (χ3v) is 1.92. The summed E-state index contributed by atoms with van der Waals surface area (Å²) in [7, 11) is 2.10. The average Bonchev–Trinajstić information content (AvgIpc) is 1.87. The SMILES string of the molecule is CCN(C)C[C@@H](N)C(C)C. The first-order chi connectivity index (χ1) is 4.57. The predicted octanol–water partition coefficient (Wildman–Crippen LogP) is 0.921. The first kappa shape index (κ1) is 9.92. The van der Waals surface area contributed by atoms with Gasteiger partial charge in [-0.1, -0.05) is 20.8 Å². The van der Waals surface area contributed by atoms with E-state index in [-0.39, 0.29) is 0 Å².